The van der Waals surface area contributed by atoms with E-state index in [9.17, 15) is 4.79 Å². The molecule has 0 radical (unpaired) electrons. The van der Waals surface area contributed by atoms with Gasteiger partial charge in [0.2, 0.25) is 5.91 Å². The highest BCUT2D eigenvalue weighted by Crippen LogP contribution is 2.25. The summed E-state index contributed by atoms with van der Waals surface area (Å²) >= 11 is 1.54. The zero-order valence-corrected chi connectivity index (χ0v) is 15.1. The SMILES string of the molecule is COc1ccc(-c2nc(CC(=O)NCc3ccccc3C)cs2)cc1. The lowest BCUT2D eigenvalue weighted by Crippen LogP contribution is -2.25. The summed E-state index contributed by atoms with van der Waals surface area (Å²) in [6.07, 6.45) is 0.290. The molecular formula is C20H20N2O2S. The van der Waals surface area contributed by atoms with Crippen molar-refractivity contribution in [3.8, 4) is 16.3 Å². The molecule has 0 unspecified atom stereocenters. The van der Waals surface area contributed by atoms with E-state index in [1.165, 1.54) is 5.56 Å². The first-order chi connectivity index (χ1) is 12.2. The maximum atomic E-state index is 12.2. The topological polar surface area (TPSA) is 51.2 Å². The molecule has 2 aromatic carbocycles. The number of aromatic nitrogens is 1. The molecule has 0 fully saturated rings. The molecule has 0 aliphatic heterocycles. The number of aryl methyl sites for hydroxylation is 1. The monoisotopic (exact) mass is 352 g/mol. The third-order valence-electron chi connectivity index (χ3n) is 3.97. The van der Waals surface area contributed by atoms with Crippen molar-refractivity contribution in [2.75, 3.05) is 7.11 Å². The summed E-state index contributed by atoms with van der Waals surface area (Å²) in [4.78, 5) is 16.7. The molecule has 3 aromatic rings. The van der Waals surface area contributed by atoms with Crippen LogP contribution in [0.3, 0.4) is 0 Å². The van der Waals surface area contributed by atoms with E-state index in [-0.39, 0.29) is 5.91 Å². The van der Waals surface area contributed by atoms with Gasteiger partial charge in [0.15, 0.2) is 0 Å². The van der Waals surface area contributed by atoms with Crippen LogP contribution in [-0.2, 0) is 17.8 Å². The molecule has 0 spiro atoms. The summed E-state index contributed by atoms with van der Waals surface area (Å²) in [6.45, 7) is 2.59. The van der Waals surface area contributed by atoms with E-state index in [2.05, 4.69) is 10.3 Å². The molecule has 1 N–H and O–H groups in total. The van der Waals surface area contributed by atoms with Crippen LogP contribution in [0.15, 0.2) is 53.9 Å². The minimum absolute atomic E-state index is 0.0187. The minimum Gasteiger partial charge on any atom is -0.497 e. The van der Waals surface area contributed by atoms with Crippen LogP contribution in [0.5, 0.6) is 5.75 Å². The Hall–Kier alpha value is -2.66. The third-order valence-corrected chi connectivity index (χ3v) is 4.91. The predicted molar refractivity (Wildman–Crippen MR) is 101 cm³/mol. The van der Waals surface area contributed by atoms with Gasteiger partial charge in [-0.2, -0.15) is 0 Å². The molecule has 3 rings (SSSR count). The zero-order valence-electron chi connectivity index (χ0n) is 14.3. The summed E-state index contributed by atoms with van der Waals surface area (Å²) < 4.78 is 5.16. The van der Waals surface area contributed by atoms with Crippen LogP contribution in [0.25, 0.3) is 10.6 Å². The van der Waals surface area contributed by atoms with E-state index in [1.807, 2.05) is 60.8 Å². The Morgan fingerprint density at radius 1 is 1.16 bits per heavy atom. The highest BCUT2D eigenvalue weighted by atomic mass is 32.1. The fraction of sp³-hybridized carbons (Fsp3) is 0.200. The van der Waals surface area contributed by atoms with E-state index >= 15 is 0 Å². The summed E-state index contributed by atoms with van der Waals surface area (Å²) in [5, 5.41) is 5.81. The van der Waals surface area contributed by atoms with Crippen LogP contribution in [0.1, 0.15) is 16.8 Å². The fourth-order valence-electron chi connectivity index (χ4n) is 2.48. The molecule has 25 heavy (non-hydrogen) atoms. The molecule has 0 bridgehead atoms. The third kappa shape index (κ3) is 4.45. The Balaban J connectivity index is 1.59. The van der Waals surface area contributed by atoms with E-state index in [0.717, 1.165) is 27.6 Å². The second-order valence-corrected chi connectivity index (χ2v) is 6.61. The van der Waals surface area contributed by atoms with Crippen molar-refractivity contribution in [3.05, 3.63) is 70.7 Å². The predicted octanol–water partition coefficient (Wildman–Crippen LogP) is 3.99. The molecule has 5 heteroatoms. The first kappa shape index (κ1) is 17.2. The number of nitrogens with one attached hydrogen (secondary N) is 1. The maximum absolute atomic E-state index is 12.2. The highest BCUT2D eigenvalue weighted by molar-refractivity contribution is 7.13. The Morgan fingerprint density at radius 3 is 2.64 bits per heavy atom. The second-order valence-electron chi connectivity index (χ2n) is 5.75. The smallest absolute Gasteiger partial charge is 0.226 e. The van der Waals surface area contributed by atoms with Crippen molar-refractivity contribution in [2.45, 2.75) is 19.9 Å². The van der Waals surface area contributed by atoms with Gasteiger partial charge >= 0.3 is 0 Å². The van der Waals surface area contributed by atoms with Crippen molar-refractivity contribution in [3.63, 3.8) is 0 Å². The van der Waals surface area contributed by atoms with Crippen molar-refractivity contribution >= 4 is 17.2 Å². The highest BCUT2D eigenvalue weighted by Gasteiger charge is 2.09. The summed E-state index contributed by atoms with van der Waals surface area (Å²) in [6, 6.07) is 15.8. The van der Waals surface area contributed by atoms with Gasteiger partial charge in [-0.25, -0.2) is 4.98 Å². The summed E-state index contributed by atoms with van der Waals surface area (Å²) in [5.41, 5.74) is 4.13. The van der Waals surface area contributed by atoms with E-state index in [4.69, 9.17) is 4.74 Å². The van der Waals surface area contributed by atoms with Crippen LogP contribution in [0.2, 0.25) is 0 Å². The number of amides is 1. The Kier molecular flexibility index (Phi) is 5.46. The maximum Gasteiger partial charge on any atom is 0.226 e. The lowest BCUT2D eigenvalue weighted by molar-refractivity contribution is -0.120. The first-order valence-electron chi connectivity index (χ1n) is 8.06. The van der Waals surface area contributed by atoms with Gasteiger partial charge in [0, 0.05) is 17.5 Å². The number of rotatable bonds is 6. The quantitative estimate of drug-likeness (QED) is 0.730. The fourth-order valence-corrected chi connectivity index (χ4v) is 3.31. The van der Waals surface area contributed by atoms with Gasteiger partial charge in [0.25, 0.3) is 0 Å². The lowest BCUT2D eigenvalue weighted by Gasteiger charge is -2.07. The molecule has 0 aliphatic carbocycles. The number of thiazole rings is 1. The van der Waals surface area contributed by atoms with E-state index in [1.54, 1.807) is 18.4 Å². The number of hydrogen-bond donors (Lipinski definition) is 1. The van der Waals surface area contributed by atoms with Crippen molar-refractivity contribution in [2.24, 2.45) is 0 Å². The lowest BCUT2D eigenvalue weighted by atomic mass is 10.1. The number of methoxy groups -OCH3 is 1. The number of nitrogens with zero attached hydrogens (tertiary/aromatic N) is 1. The standard InChI is InChI=1S/C20H20N2O2S/c1-14-5-3-4-6-16(14)12-21-19(23)11-17-13-25-20(22-17)15-7-9-18(24-2)10-8-15/h3-10,13H,11-12H2,1-2H3,(H,21,23). The normalized spacial score (nSPS) is 10.5. The first-order valence-corrected chi connectivity index (χ1v) is 8.93. The van der Waals surface area contributed by atoms with Crippen LogP contribution in [-0.4, -0.2) is 18.0 Å². The van der Waals surface area contributed by atoms with Crippen LogP contribution in [0.4, 0.5) is 0 Å². The number of carbonyl (C=O) groups excluding carboxylic acids is 1. The van der Waals surface area contributed by atoms with Gasteiger partial charge in [-0.05, 0) is 42.3 Å². The van der Waals surface area contributed by atoms with Crippen molar-refractivity contribution < 1.29 is 9.53 Å². The van der Waals surface area contributed by atoms with Gasteiger partial charge in [-0.1, -0.05) is 24.3 Å². The average molecular weight is 352 g/mol. The zero-order chi connectivity index (χ0) is 17.6. The summed E-state index contributed by atoms with van der Waals surface area (Å²) in [5.74, 6) is 0.797. The number of ether oxygens (including phenoxy) is 1. The Bertz CT molecular complexity index is 856. The van der Waals surface area contributed by atoms with Crippen molar-refractivity contribution in [1.29, 1.82) is 0 Å². The Labute approximate surface area is 151 Å². The van der Waals surface area contributed by atoms with Gasteiger partial charge in [-0.15, -0.1) is 11.3 Å². The number of benzene rings is 2. The molecule has 1 aromatic heterocycles. The number of carbonyl (C=O) groups is 1. The van der Waals surface area contributed by atoms with E-state index in [0.29, 0.717) is 13.0 Å². The molecule has 0 saturated carbocycles. The molecule has 1 heterocycles. The average Bonchev–Trinajstić information content (AvgIpc) is 3.09. The minimum atomic E-state index is -0.0187. The molecule has 0 saturated heterocycles. The molecule has 128 valence electrons. The Morgan fingerprint density at radius 2 is 1.92 bits per heavy atom. The molecule has 1 amide bonds. The van der Waals surface area contributed by atoms with Crippen LogP contribution in [0, 0.1) is 6.92 Å². The van der Waals surface area contributed by atoms with Gasteiger partial charge in [0.05, 0.1) is 19.2 Å². The van der Waals surface area contributed by atoms with E-state index < -0.39 is 0 Å². The molecule has 0 aliphatic rings. The van der Waals surface area contributed by atoms with Crippen molar-refractivity contribution in [1.82, 2.24) is 10.3 Å². The molecule has 4 nitrogen and oxygen atoms in total. The summed E-state index contributed by atoms with van der Waals surface area (Å²) in [7, 11) is 1.64. The van der Waals surface area contributed by atoms with Crippen LogP contribution < -0.4 is 10.1 Å². The van der Waals surface area contributed by atoms with Crippen LogP contribution >= 0.6 is 11.3 Å². The molecular weight excluding hydrogens is 332 g/mol. The number of hydrogen-bond acceptors (Lipinski definition) is 4. The van der Waals surface area contributed by atoms with Gasteiger partial charge in [0.1, 0.15) is 10.8 Å². The molecule has 0 atom stereocenters. The van der Waals surface area contributed by atoms with Gasteiger partial charge < -0.3 is 10.1 Å². The second kappa shape index (κ2) is 7.94. The largest absolute Gasteiger partial charge is 0.497 e. The van der Waals surface area contributed by atoms with Gasteiger partial charge in [-0.3, -0.25) is 4.79 Å².